The highest BCUT2D eigenvalue weighted by molar-refractivity contribution is 5.91. The van der Waals surface area contributed by atoms with Crippen LogP contribution in [0.25, 0.3) is 0 Å². The molecule has 4 heteroatoms. The van der Waals surface area contributed by atoms with Gasteiger partial charge in [-0.2, -0.15) is 0 Å². The van der Waals surface area contributed by atoms with E-state index in [0.29, 0.717) is 12.0 Å². The first-order chi connectivity index (χ1) is 8.92. The Morgan fingerprint density at radius 2 is 2.26 bits per heavy atom. The molecule has 0 amide bonds. The minimum Gasteiger partial charge on any atom is -0.455 e. The van der Waals surface area contributed by atoms with E-state index in [0.717, 1.165) is 18.4 Å². The van der Waals surface area contributed by atoms with Gasteiger partial charge in [0.2, 0.25) is 0 Å². The SMILES string of the molecule is C=C1C(=O)O[C@H]2[C@H]1[C@@H](O)C/C(C)=C/CC[C@@]1(C)O[C@H]21. The molecule has 1 N–H and O–H groups in total. The maximum atomic E-state index is 11.7. The molecule has 2 fully saturated rings. The molecule has 4 nitrogen and oxygen atoms in total. The molecule has 19 heavy (non-hydrogen) atoms. The van der Waals surface area contributed by atoms with Gasteiger partial charge >= 0.3 is 5.97 Å². The van der Waals surface area contributed by atoms with Crippen molar-refractivity contribution in [2.24, 2.45) is 5.92 Å². The van der Waals surface area contributed by atoms with Crippen molar-refractivity contribution in [3.05, 3.63) is 23.8 Å². The zero-order chi connectivity index (χ0) is 13.8. The maximum Gasteiger partial charge on any atom is 0.334 e. The summed E-state index contributed by atoms with van der Waals surface area (Å²) in [6.07, 6.45) is 3.42. The van der Waals surface area contributed by atoms with Crippen molar-refractivity contribution in [3.63, 3.8) is 0 Å². The fraction of sp³-hybridized carbons (Fsp3) is 0.667. The van der Waals surface area contributed by atoms with E-state index in [2.05, 4.69) is 12.7 Å². The van der Waals surface area contributed by atoms with Crippen LogP contribution in [0, 0.1) is 5.92 Å². The molecule has 2 aliphatic heterocycles. The summed E-state index contributed by atoms with van der Waals surface area (Å²) in [6, 6.07) is 0. The molecule has 0 unspecified atom stereocenters. The van der Waals surface area contributed by atoms with Gasteiger partial charge in [0.1, 0.15) is 12.2 Å². The summed E-state index contributed by atoms with van der Waals surface area (Å²) >= 11 is 0. The second kappa shape index (κ2) is 4.18. The van der Waals surface area contributed by atoms with Crippen LogP contribution in [0.15, 0.2) is 23.8 Å². The van der Waals surface area contributed by atoms with Crippen molar-refractivity contribution in [1.82, 2.24) is 0 Å². The monoisotopic (exact) mass is 264 g/mol. The molecule has 0 saturated carbocycles. The lowest BCUT2D eigenvalue weighted by Gasteiger charge is -2.24. The summed E-state index contributed by atoms with van der Waals surface area (Å²) in [5.74, 6) is -0.742. The normalized spacial score (nSPS) is 48.7. The van der Waals surface area contributed by atoms with Gasteiger partial charge < -0.3 is 14.6 Å². The van der Waals surface area contributed by atoms with Crippen molar-refractivity contribution in [2.45, 2.75) is 57.0 Å². The Morgan fingerprint density at radius 1 is 1.53 bits per heavy atom. The lowest BCUT2D eigenvalue weighted by Crippen LogP contribution is -2.35. The van der Waals surface area contributed by atoms with Gasteiger partial charge in [-0.15, -0.1) is 0 Å². The van der Waals surface area contributed by atoms with Crippen LogP contribution in [-0.4, -0.2) is 35.0 Å². The van der Waals surface area contributed by atoms with E-state index in [1.807, 2.05) is 13.8 Å². The molecule has 0 bridgehead atoms. The van der Waals surface area contributed by atoms with Gasteiger partial charge in [0.25, 0.3) is 0 Å². The summed E-state index contributed by atoms with van der Waals surface area (Å²) in [5.41, 5.74) is 1.28. The minimum absolute atomic E-state index is 0.109. The van der Waals surface area contributed by atoms with Crippen LogP contribution in [0.2, 0.25) is 0 Å². The van der Waals surface area contributed by atoms with Crippen LogP contribution in [0.3, 0.4) is 0 Å². The fourth-order valence-corrected chi connectivity index (χ4v) is 3.33. The fourth-order valence-electron chi connectivity index (χ4n) is 3.33. The first-order valence-corrected chi connectivity index (χ1v) is 6.84. The van der Waals surface area contributed by atoms with Gasteiger partial charge in [0, 0.05) is 5.57 Å². The maximum absolute atomic E-state index is 11.7. The summed E-state index contributed by atoms with van der Waals surface area (Å²) in [4.78, 5) is 11.7. The third-order valence-corrected chi connectivity index (χ3v) is 4.58. The predicted octanol–water partition coefficient (Wildman–Crippen LogP) is 1.73. The van der Waals surface area contributed by atoms with E-state index in [4.69, 9.17) is 9.47 Å². The van der Waals surface area contributed by atoms with Crippen LogP contribution in [0.4, 0.5) is 0 Å². The summed E-state index contributed by atoms with van der Waals surface area (Å²) < 4.78 is 11.2. The molecular weight excluding hydrogens is 244 g/mol. The van der Waals surface area contributed by atoms with Gasteiger partial charge in [-0.05, 0) is 33.1 Å². The number of aliphatic hydroxyl groups is 1. The number of epoxide rings is 1. The van der Waals surface area contributed by atoms with E-state index < -0.39 is 12.1 Å². The Bertz CT molecular complexity index is 467. The van der Waals surface area contributed by atoms with E-state index in [1.54, 1.807) is 0 Å². The first kappa shape index (κ1) is 12.9. The quantitative estimate of drug-likeness (QED) is 0.313. The molecule has 1 aliphatic carbocycles. The molecule has 0 aromatic heterocycles. The Balaban J connectivity index is 1.93. The molecular formula is C15H20O4. The second-order valence-corrected chi connectivity index (χ2v) is 6.13. The molecule has 3 aliphatic rings. The molecule has 0 aromatic carbocycles. The van der Waals surface area contributed by atoms with Crippen molar-refractivity contribution < 1.29 is 19.4 Å². The van der Waals surface area contributed by atoms with Crippen molar-refractivity contribution in [3.8, 4) is 0 Å². The number of aliphatic hydroxyl groups excluding tert-OH is 1. The molecule has 0 radical (unpaired) electrons. The van der Waals surface area contributed by atoms with Gasteiger partial charge in [-0.25, -0.2) is 4.79 Å². The van der Waals surface area contributed by atoms with E-state index in [-0.39, 0.29) is 23.7 Å². The number of ether oxygens (including phenoxy) is 2. The molecule has 5 atom stereocenters. The highest BCUT2D eigenvalue weighted by atomic mass is 16.6. The van der Waals surface area contributed by atoms with Crippen molar-refractivity contribution >= 4 is 5.97 Å². The van der Waals surface area contributed by atoms with E-state index >= 15 is 0 Å². The molecule has 0 aromatic rings. The topological polar surface area (TPSA) is 59.1 Å². The lowest BCUT2D eigenvalue weighted by atomic mass is 9.82. The Hall–Kier alpha value is -1.13. The smallest absolute Gasteiger partial charge is 0.334 e. The van der Waals surface area contributed by atoms with Gasteiger partial charge in [0.15, 0.2) is 0 Å². The van der Waals surface area contributed by atoms with E-state index in [9.17, 15) is 9.90 Å². The number of carbonyl (C=O) groups is 1. The van der Waals surface area contributed by atoms with Gasteiger partial charge in [0.05, 0.1) is 17.6 Å². The average molecular weight is 264 g/mol. The number of rotatable bonds is 0. The standard InChI is InChI=1S/C15H20O4/c1-8-5-4-6-15(3)13(19-15)12-11(10(16)7-8)9(2)14(17)18-12/h5,10-13,16H,2,4,6-7H2,1,3H3/b8-5+/t10-,11+,12-,13+,15+/m0/s1. The minimum atomic E-state index is -0.633. The van der Waals surface area contributed by atoms with Crippen molar-refractivity contribution in [1.29, 1.82) is 0 Å². The number of allylic oxidation sites excluding steroid dienone is 1. The van der Waals surface area contributed by atoms with Crippen LogP contribution < -0.4 is 0 Å². The average Bonchev–Trinajstić information content (AvgIpc) is 2.89. The first-order valence-electron chi connectivity index (χ1n) is 6.84. The number of carbonyl (C=O) groups excluding carboxylic acids is 1. The number of esters is 1. The van der Waals surface area contributed by atoms with Crippen LogP contribution in [0.1, 0.15) is 33.1 Å². The second-order valence-electron chi connectivity index (χ2n) is 6.13. The van der Waals surface area contributed by atoms with Crippen LogP contribution in [0.5, 0.6) is 0 Å². The third kappa shape index (κ3) is 2.03. The zero-order valence-corrected chi connectivity index (χ0v) is 11.4. The van der Waals surface area contributed by atoms with Crippen LogP contribution >= 0.6 is 0 Å². The summed E-state index contributed by atoms with van der Waals surface area (Å²) in [7, 11) is 0. The van der Waals surface area contributed by atoms with Crippen molar-refractivity contribution in [2.75, 3.05) is 0 Å². The molecule has 2 heterocycles. The molecule has 3 rings (SSSR count). The molecule has 2 saturated heterocycles. The van der Waals surface area contributed by atoms with Gasteiger partial charge in [-0.1, -0.05) is 18.2 Å². The van der Waals surface area contributed by atoms with E-state index in [1.165, 1.54) is 0 Å². The number of fused-ring (bicyclic) bond motifs is 3. The number of hydrogen-bond donors (Lipinski definition) is 1. The lowest BCUT2D eigenvalue weighted by molar-refractivity contribution is -0.140. The highest BCUT2D eigenvalue weighted by Crippen LogP contribution is 2.49. The Morgan fingerprint density at radius 3 is 3.00 bits per heavy atom. The Labute approximate surface area is 113 Å². The summed E-state index contributed by atoms with van der Waals surface area (Å²) in [5, 5.41) is 10.4. The molecule has 0 spiro atoms. The highest BCUT2D eigenvalue weighted by Gasteiger charge is 2.62. The largest absolute Gasteiger partial charge is 0.455 e. The molecule has 104 valence electrons. The van der Waals surface area contributed by atoms with Gasteiger partial charge in [-0.3, -0.25) is 0 Å². The predicted molar refractivity (Wildman–Crippen MR) is 69.4 cm³/mol. The third-order valence-electron chi connectivity index (χ3n) is 4.58. The number of hydrogen-bond acceptors (Lipinski definition) is 4. The zero-order valence-electron chi connectivity index (χ0n) is 11.4. The summed E-state index contributed by atoms with van der Waals surface area (Å²) in [6.45, 7) is 7.84. The van der Waals surface area contributed by atoms with Crippen LogP contribution in [-0.2, 0) is 14.3 Å². The Kier molecular flexibility index (Phi) is 2.84.